The molecule has 4 N–H and O–H groups in total. The quantitative estimate of drug-likeness (QED) is 0.755. The molecule has 0 atom stereocenters. The van der Waals surface area contributed by atoms with Crippen LogP contribution in [-0.4, -0.2) is 57.0 Å². The Balaban J connectivity index is -0.000000853. The van der Waals surface area contributed by atoms with Crippen molar-refractivity contribution in [3.8, 4) is 0 Å². The minimum absolute atomic E-state index is 0. The Bertz CT molecular complexity index is 395. The van der Waals surface area contributed by atoms with E-state index in [1.54, 1.807) is 7.05 Å². The summed E-state index contributed by atoms with van der Waals surface area (Å²) in [6.07, 6.45) is -0.102. The number of amides is 1. The van der Waals surface area contributed by atoms with Crippen LogP contribution in [-0.2, 0) is 9.59 Å². The Labute approximate surface area is 119 Å². The molecule has 0 heterocycles. The van der Waals surface area contributed by atoms with Crippen molar-refractivity contribution in [1.82, 2.24) is 0 Å². The Morgan fingerprint density at radius 2 is 1.58 bits per heavy atom. The second-order valence-corrected chi connectivity index (χ2v) is 4.60. The molecule has 1 rings (SSSR count). The van der Waals surface area contributed by atoms with Crippen LogP contribution in [0.15, 0.2) is 24.3 Å². The van der Waals surface area contributed by atoms with Gasteiger partial charge < -0.3 is 16.4 Å². The Hall–Kier alpha value is -1.42. The van der Waals surface area contributed by atoms with E-state index in [1.165, 1.54) is 4.90 Å². The topological polar surface area (TPSA) is 148 Å². The molecule has 0 aliphatic carbocycles. The maximum atomic E-state index is 11.6. The van der Waals surface area contributed by atoms with Gasteiger partial charge in [-0.15, -0.1) is 0 Å². The molecule has 0 aromatic heterocycles. The third-order valence-electron chi connectivity index (χ3n) is 2.18. The number of anilines is 1. The van der Waals surface area contributed by atoms with Gasteiger partial charge in [0.25, 0.3) is 0 Å². The molecular weight excluding hydrogens is 315 g/mol. The molecule has 0 aliphatic rings. The van der Waals surface area contributed by atoms with Crippen LogP contribution in [0.3, 0.4) is 0 Å². The van der Waals surface area contributed by atoms with Crippen molar-refractivity contribution in [3.63, 3.8) is 0 Å². The zero-order valence-electron chi connectivity index (χ0n) is 10.3. The van der Waals surface area contributed by atoms with Gasteiger partial charge >= 0.3 is 102 Å². The first-order valence-electron chi connectivity index (χ1n) is 4.80. The summed E-state index contributed by atoms with van der Waals surface area (Å²) in [5.74, 6) is -1.14. The van der Waals surface area contributed by atoms with Crippen LogP contribution in [0, 0.1) is 0 Å². The number of nitrogens with zero attached hydrogens (tertiary/aromatic N) is 1. The summed E-state index contributed by atoms with van der Waals surface area (Å²) >= 11 is 1.97. The maximum absolute atomic E-state index is 11.6. The summed E-state index contributed by atoms with van der Waals surface area (Å²) in [6.45, 7) is 0. The number of hydrogen-bond acceptors (Lipinski definition) is 5. The number of benzene rings is 1. The summed E-state index contributed by atoms with van der Waals surface area (Å²) < 4.78 is 1.12. The average molecular weight is 330 g/mol. The molecule has 0 bridgehead atoms. The maximum Gasteiger partial charge on any atom is -0.870 e. The molecule has 19 heavy (non-hydrogen) atoms. The first-order valence-corrected chi connectivity index (χ1v) is 5.85. The van der Waals surface area contributed by atoms with Gasteiger partial charge in [-0.05, 0) is 0 Å². The zero-order valence-corrected chi connectivity index (χ0v) is 12.4. The van der Waals surface area contributed by atoms with E-state index in [4.69, 9.17) is 5.11 Å². The summed E-state index contributed by atoms with van der Waals surface area (Å²) in [6, 6.07) is 7.51. The van der Waals surface area contributed by atoms with E-state index in [-0.39, 0.29) is 35.2 Å². The molecule has 0 saturated heterocycles. The van der Waals surface area contributed by atoms with Crippen molar-refractivity contribution in [2.24, 2.45) is 0 Å². The number of carboxylic acids is 1. The summed E-state index contributed by atoms with van der Waals surface area (Å²) in [5.41, 5.74) is 0.779. The largest absolute Gasteiger partial charge is 0.870 e. The predicted molar refractivity (Wildman–Crippen MR) is 67.9 cm³/mol. The number of hydrogen-bond donors (Lipinski definition) is 1. The van der Waals surface area contributed by atoms with Crippen LogP contribution in [0.5, 0.6) is 0 Å². The van der Waals surface area contributed by atoms with E-state index in [2.05, 4.69) is 0 Å². The first-order chi connectivity index (χ1) is 7.50. The van der Waals surface area contributed by atoms with Gasteiger partial charge in [0.2, 0.25) is 0 Å². The molecule has 0 spiro atoms. The molecule has 0 aliphatic heterocycles. The van der Waals surface area contributed by atoms with Gasteiger partial charge in [0.05, 0.1) is 0 Å². The fourth-order valence-corrected chi connectivity index (χ4v) is 1.56. The third kappa shape index (κ3) is 7.57. The zero-order chi connectivity index (χ0) is 12.1. The van der Waals surface area contributed by atoms with Gasteiger partial charge in [-0.25, -0.2) is 0 Å². The minimum Gasteiger partial charge on any atom is -0.870 e. The van der Waals surface area contributed by atoms with Gasteiger partial charge in [-0.1, -0.05) is 0 Å². The van der Waals surface area contributed by atoms with Crippen LogP contribution >= 0.6 is 0 Å². The normalized spacial score (nSPS) is 8.37. The number of aliphatic carboxylic acids is 1. The molecule has 0 unspecified atom stereocenters. The third-order valence-corrected chi connectivity index (χ3v) is 2.88. The van der Waals surface area contributed by atoms with Gasteiger partial charge in [0.1, 0.15) is 0 Å². The molecule has 1 aromatic rings. The van der Waals surface area contributed by atoms with Gasteiger partial charge in [0.15, 0.2) is 0 Å². The van der Waals surface area contributed by atoms with Crippen molar-refractivity contribution >= 4 is 38.5 Å². The average Bonchev–Trinajstić information content (AvgIpc) is 2.26. The first kappa shape index (κ1) is 22.7. The van der Waals surface area contributed by atoms with E-state index in [0.717, 1.165) is 10.1 Å². The van der Waals surface area contributed by atoms with E-state index in [0.29, 0.717) is 0 Å². The molecule has 1 aromatic carbocycles. The fourth-order valence-electron chi connectivity index (χ4n) is 1.21. The summed E-state index contributed by atoms with van der Waals surface area (Å²) in [4.78, 5) is 23.4. The van der Waals surface area contributed by atoms with Crippen molar-refractivity contribution in [2.75, 3.05) is 11.9 Å². The van der Waals surface area contributed by atoms with Crippen LogP contribution < -0.4 is 9.30 Å². The smallest absolute Gasteiger partial charge is 0.870 e. The molecule has 0 saturated carbocycles. The molecular formula is C11H15GeNO6. The monoisotopic (exact) mass is 331 g/mol. The van der Waals surface area contributed by atoms with Crippen molar-refractivity contribution in [1.29, 1.82) is 0 Å². The van der Waals surface area contributed by atoms with Crippen LogP contribution in [0.1, 0.15) is 12.8 Å². The van der Waals surface area contributed by atoms with E-state index < -0.39 is 5.97 Å². The Morgan fingerprint density at radius 1 is 1.11 bits per heavy atom. The van der Waals surface area contributed by atoms with Gasteiger partial charge in [0, 0.05) is 0 Å². The van der Waals surface area contributed by atoms with E-state index in [9.17, 15) is 9.59 Å². The van der Waals surface area contributed by atoms with Gasteiger partial charge in [-0.2, -0.15) is 0 Å². The minimum atomic E-state index is -0.953. The van der Waals surface area contributed by atoms with E-state index >= 15 is 0 Å². The fraction of sp³-hybridized carbons (Fsp3) is 0.273. The molecule has 0 fully saturated rings. The number of carboxylic acid groups (broad SMARTS) is 1. The second-order valence-electron chi connectivity index (χ2n) is 3.39. The van der Waals surface area contributed by atoms with Crippen molar-refractivity contribution < 1.29 is 31.1 Å². The molecule has 104 valence electrons. The SMILES string of the molecule is CN(C(=O)CCC(=O)O)c1cc[c]([Ge+3])cc1.[OH-].[OH-].[OH-]. The summed E-state index contributed by atoms with van der Waals surface area (Å²) in [5, 5.41) is 8.48. The van der Waals surface area contributed by atoms with Crippen LogP contribution in [0.2, 0.25) is 0 Å². The Morgan fingerprint density at radius 3 is 2.00 bits per heavy atom. The van der Waals surface area contributed by atoms with Crippen LogP contribution in [0.25, 0.3) is 0 Å². The number of carbonyl (C=O) groups excluding carboxylic acids is 1. The number of rotatable bonds is 4. The van der Waals surface area contributed by atoms with Crippen molar-refractivity contribution in [2.45, 2.75) is 12.8 Å². The van der Waals surface area contributed by atoms with Crippen LogP contribution in [0.4, 0.5) is 5.69 Å². The number of carbonyl (C=O) groups is 2. The van der Waals surface area contributed by atoms with Gasteiger partial charge in [-0.3, -0.25) is 0 Å². The predicted octanol–water partition coefficient (Wildman–Crippen LogP) is -0.222. The standard InChI is InChI=1S/C11H12GeNO3.3H2O/c1-13(10(14)6-7-11(15)16)9-4-2-8(12)3-5-9;;;/h2-5H,6-7H2,1H3,(H,15,16);3*1H2/q+3;;;/p-3. The molecule has 7 nitrogen and oxygen atoms in total. The molecule has 0 radical (unpaired) electrons. The summed E-state index contributed by atoms with van der Waals surface area (Å²) in [7, 11) is 1.65. The molecule has 8 heteroatoms. The molecule has 1 amide bonds. The van der Waals surface area contributed by atoms with Crippen molar-refractivity contribution in [3.05, 3.63) is 24.3 Å². The Kier molecular flexibility index (Phi) is 12.6. The van der Waals surface area contributed by atoms with E-state index in [1.807, 2.05) is 40.8 Å². The second kappa shape index (κ2) is 10.5.